The van der Waals surface area contributed by atoms with E-state index in [2.05, 4.69) is 0 Å². The Balaban J connectivity index is 4.34. The van der Waals surface area contributed by atoms with Gasteiger partial charge < -0.3 is 10.0 Å². The first-order valence-corrected chi connectivity index (χ1v) is 4.69. The fourth-order valence-corrected chi connectivity index (χ4v) is 1.10. The van der Waals surface area contributed by atoms with E-state index in [1.807, 2.05) is 39.8 Å². The van der Waals surface area contributed by atoms with Crippen LogP contribution in [0.1, 0.15) is 27.2 Å². The predicted molar refractivity (Wildman–Crippen MR) is 53.8 cm³/mol. The second-order valence-electron chi connectivity index (χ2n) is 4.43. The van der Waals surface area contributed by atoms with Gasteiger partial charge in [0.05, 0.1) is 5.41 Å². The highest BCUT2D eigenvalue weighted by molar-refractivity contribution is 5.74. The van der Waals surface area contributed by atoms with Crippen LogP contribution in [0.25, 0.3) is 0 Å². The standard InChI is InChI=1S/C10H21NO2/c1-8(2)10(3,9(12)13)6-7-11(4)5/h8H,6-7H2,1-5H3,(H,12,13). The Bertz CT molecular complexity index is 178. The summed E-state index contributed by atoms with van der Waals surface area (Å²) in [6.07, 6.45) is 0.701. The summed E-state index contributed by atoms with van der Waals surface area (Å²) in [5, 5.41) is 9.10. The Labute approximate surface area is 80.7 Å². The summed E-state index contributed by atoms with van der Waals surface area (Å²) < 4.78 is 0. The maximum absolute atomic E-state index is 11.1. The highest BCUT2D eigenvalue weighted by atomic mass is 16.4. The Kier molecular flexibility index (Phi) is 4.40. The summed E-state index contributed by atoms with van der Waals surface area (Å²) in [5.74, 6) is -0.519. The maximum atomic E-state index is 11.1. The van der Waals surface area contributed by atoms with Crippen LogP contribution in [0, 0.1) is 11.3 Å². The van der Waals surface area contributed by atoms with Gasteiger partial charge in [0.15, 0.2) is 0 Å². The Morgan fingerprint density at radius 2 is 1.92 bits per heavy atom. The predicted octanol–water partition coefficient (Wildman–Crippen LogP) is 1.69. The SMILES string of the molecule is CC(C)C(C)(CCN(C)C)C(=O)O. The maximum Gasteiger partial charge on any atom is 0.309 e. The van der Waals surface area contributed by atoms with Crippen molar-refractivity contribution in [3.8, 4) is 0 Å². The second kappa shape index (κ2) is 4.61. The number of hydrogen-bond acceptors (Lipinski definition) is 2. The molecule has 0 saturated carbocycles. The highest BCUT2D eigenvalue weighted by Crippen LogP contribution is 2.31. The van der Waals surface area contributed by atoms with E-state index in [-0.39, 0.29) is 5.92 Å². The van der Waals surface area contributed by atoms with Crippen LogP contribution in [-0.2, 0) is 4.79 Å². The Hall–Kier alpha value is -0.570. The van der Waals surface area contributed by atoms with Gasteiger partial charge in [0.1, 0.15) is 0 Å². The van der Waals surface area contributed by atoms with E-state index in [9.17, 15) is 4.79 Å². The van der Waals surface area contributed by atoms with Crippen LogP contribution < -0.4 is 0 Å². The van der Waals surface area contributed by atoms with Gasteiger partial charge in [-0.05, 0) is 39.9 Å². The van der Waals surface area contributed by atoms with E-state index in [1.54, 1.807) is 0 Å². The van der Waals surface area contributed by atoms with Crippen molar-refractivity contribution < 1.29 is 9.90 Å². The minimum absolute atomic E-state index is 0.171. The van der Waals surface area contributed by atoms with Gasteiger partial charge in [-0.1, -0.05) is 13.8 Å². The van der Waals surface area contributed by atoms with Gasteiger partial charge in [-0.3, -0.25) is 4.79 Å². The van der Waals surface area contributed by atoms with Gasteiger partial charge in [0, 0.05) is 0 Å². The Morgan fingerprint density at radius 1 is 1.46 bits per heavy atom. The molecule has 0 fully saturated rings. The lowest BCUT2D eigenvalue weighted by atomic mass is 9.76. The number of aliphatic carboxylic acids is 1. The molecular weight excluding hydrogens is 166 g/mol. The number of carboxylic acids is 1. The summed E-state index contributed by atoms with van der Waals surface area (Å²) in [5.41, 5.74) is -0.593. The highest BCUT2D eigenvalue weighted by Gasteiger charge is 2.35. The fraction of sp³-hybridized carbons (Fsp3) is 0.900. The van der Waals surface area contributed by atoms with Gasteiger partial charge >= 0.3 is 5.97 Å². The number of rotatable bonds is 5. The minimum atomic E-state index is -0.690. The van der Waals surface area contributed by atoms with Crippen molar-refractivity contribution >= 4 is 5.97 Å². The molecule has 78 valence electrons. The van der Waals surface area contributed by atoms with Crippen LogP contribution in [0.15, 0.2) is 0 Å². The molecule has 0 saturated heterocycles. The number of nitrogens with zero attached hydrogens (tertiary/aromatic N) is 1. The monoisotopic (exact) mass is 187 g/mol. The summed E-state index contributed by atoms with van der Waals surface area (Å²) in [4.78, 5) is 13.1. The Morgan fingerprint density at radius 3 is 2.15 bits per heavy atom. The van der Waals surface area contributed by atoms with Crippen molar-refractivity contribution in [1.82, 2.24) is 4.90 Å². The molecule has 0 spiro atoms. The van der Waals surface area contributed by atoms with Crippen molar-refractivity contribution in [2.75, 3.05) is 20.6 Å². The van der Waals surface area contributed by atoms with Gasteiger partial charge in [-0.25, -0.2) is 0 Å². The first kappa shape index (κ1) is 12.4. The van der Waals surface area contributed by atoms with E-state index in [4.69, 9.17) is 5.11 Å². The van der Waals surface area contributed by atoms with E-state index in [0.29, 0.717) is 6.42 Å². The van der Waals surface area contributed by atoms with Crippen molar-refractivity contribution in [3.05, 3.63) is 0 Å². The third-order valence-corrected chi connectivity index (χ3v) is 2.84. The van der Waals surface area contributed by atoms with Crippen molar-refractivity contribution in [3.63, 3.8) is 0 Å². The summed E-state index contributed by atoms with van der Waals surface area (Å²) in [6, 6.07) is 0. The molecule has 0 aromatic carbocycles. The topological polar surface area (TPSA) is 40.5 Å². The molecule has 0 amide bonds. The first-order valence-electron chi connectivity index (χ1n) is 4.69. The molecule has 1 N–H and O–H groups in total. The smallest absolute Gasteiger partial charge is 0.309 e. The van der Waals surface area contributed by atoms with Gasteiger partial charge in [0.2, 0.25) is 0 Å². The molecule has 0 aromatic rings. The minimum Gasteiger partial charge on any atom is -0.481 e. The van der Waals surface area contributed by atoms with Gasteiger partial charge in [-0.2, -0.15) is 0 Å². The summed E-state index contributed by atoms with van der Waals surface area (Å²) in [7, 11) is 3.92. The fourth-order valence-electron chi connectivity index (χ4n) is 1.10. The van der Waals surface area contributed by atoms with E-state index in [1.165, 1.54) is 0 Å². The molecule has 0 aliphatic heterocycles. The molecular formula is C10H21NO2. The van der Waals surface area contributed by atoms with Crippen LogP contribution in [-0.4, -0.2) is 36.6 Å². The molecule has 0 aliphatic rings. The van der Waals surface area contributed by atoms with Crippen LogP contribution in [0.2, 0.25) is 0 Å². The third kappa shape index (κ3) is 3.35. The first-order chi connectivity index (χ1) is 5.80. The largest absolute Gasteiger partial charge is 0.481 e. The average Bonchev–Trinajstić information content (AvgIpc) is 1.99. The van der Waals surface area contributed by atoms with Crippen LogP contribution in [0.5, 0.6) is 0 Å². The molecule has 0 rings (SSSR count). The zero-order chi connectivity index (χ0) is 10.6. The van der Waals surface area contributed by atoms with Crippen molar-refractivity contribution in [2.24, 2.45) is 11.3 Å². The average molecular weight is 187 g/mol. The zero-order valence-electron chi connectivity index (χ0n) is 9.29. The summed E-state index contributed by atoms with van der Waals surface area (Å²) in [6.45, 7) is 6.57. The van der Waals surface area contributed by atoms with E-state index in [0.717, 1.165) is 6.54 Å². The third-order valence-electron chi connectivity index (χ3n) is 2.84. The van der Waals surface area contributed by atoms with Crippen LogP contribution in [0.3, 0.4) is 0 Å². The quantitative estimate of drug-likeness (QED) is 0.712. The molecule has 0 heterocycles. The van der Waals surface area contributed by atoms with Gasteiger partial charge in [0.25, 0.3) is 0 Å². The molecule has 0 radical (unpaired) electrons. The zero-order valence-corrected chi connectivity index (χ0v) is 9.29. The number of carboxylic acid groups (broad SMARTS) is 1. The number of hydrogen-bond donors (Lipinski definition) is 1. The van der Waals surface area contributed by atoms with E-state index >= 15 is 0 Å². The van der Waals surface area contributed by atoms with Crippen molar-refractivity contribution in [2.45, 2.75) is 27.2 Å². The van der Waals surface area contributed by atoms with E-state index < -0.39 is 11.4 Å². The molecule has 3 heteroatoms. The lowest BCUT2D eigenvalue weighted by Gasteiger charge is -2.30. The van der Waals surface area contributed by atoms with Crippen molar-refractivity contribution in [1.29, 1.82) is 0 Å². The lowest BCUT2D eigenvalue weighted by Crippen LogP contribution is -2.36. The number of carbonyl (C=O) groups is 1. The molecule has 0 aliphatic carbocycles. The molecule has 1 unspecified atom stereocenters. The molecule has 3 nitrogen and oxygen atoms in total. The molecule has 13 heavy (non-hydrogen) atoms. The van der Waals surface area contributed by atoms with Crippen LogP contribution in [0.4, 0.5) is 0 Å². The normalized spacial score (nSPS) is 16.2. The lowest BCUT2D eigenvalue weighted by molar-refractivity contribution is -0.151. The molecule has 1 atom stereocenters. The second-order valence-corrected chi connectivity index (χ2v) is 4.43. The molecule has 0 aromatic heterocycles. The summed E-state index contributed by atoms with van der Waals surface area (Å²) >= 11 is 0. The van der Waals surface area contributed by atoms with Crippen LogP contribution >= 0.6 is 0 Å². The van der Waals surface area contributed by atoms with Gasteiger partial charge in [-0.15, -0.1) is 0 Å². The molecule has 0 bridgehead atoms.